The number of hydrogen-bond acceptors (Lipinski definition) is 2. The zero-order chi connectivity index (χ0) is 14.7. The maximum atomic E-state index is 12.5. The number of carbonyl (C=O) groups is 1. The predicted molar refractivity (Wildman–Crippen MR) is 89.2 cm³/mol. The molecule has 5 heteroatoms. The van der Waals surface area contributed by atoms with Gasteiger partial charge in [0.05, 0.1) is 5.69 Å². The number of anilines is 1. The van der Waals surface area contributed by atoms with Gasteiger partial charge in [-0.15, -0.1) is 0 Å². The lowest BCUT2D eigenvalue weighted by atomic mass is 10.1. The zero-order valence-electron chi connectivity index (χ0n) is 10.8. The summed E-state index contributed by atoms with van der Waals surface area (Å²) in [6.07, 6.45) is 0. The van der Waals surface area contributed by atoms with Gasteiger partial charge >= 0.3 is 0 Å². The summed E-state index contributed by atoms with van der Waals surface area (Å²) >= 11 is 8.37. The molecule has 0 atom stereocenters. The zero-order valence-corrected chi connectivity index (χ0v) is 13.2. The molecule has 2 N–H and O–H groups in total. The molecule has 2 aromatic rings. The first-order chi connectivity index (χ1) is 9.50. The number of benzene rings is 2. The third kappa shape index (κ3) is 3.05. The van der Waals surface area contributed by atoms with Crippen molar-refractivity contribution in [2.75, 3.05) is 11.9 Å². The van der Waals surface area contributed by atoms with E-state index in [-0.39, 0.29) is 10.9 Å². The summed E-state index contributed by atoms with van der Waals surface area (Å²) < 4.78 is 0.931. The highest BCUT2D eigenvalue weighted by molar-refractivity contribution is 9.10. The van der Waals surface area contributed by atoms with Crippen molar-refractivity contribution in [1.82, 2.24) is 0 Å². The van der Waals surface area contributed by atoms with Gasteiger partial charge in [-0.05, 0) is 36.4 Å². The maximum absolute atomic E-state index is 12.5. The molecular weight excluding hydrogens is 336 g/mol. The van der Waals surface area contributed by atoms with Crippen molar-refractivity contribution in [2.45, 2.75) is 0 Å². The molecule has 0 aromatic heterocycles. The minimum absolute atomic E-state index is 0.110. The Labute approximate surface area is 131 Å². The molecule has 0 aliphatic carbocycles. The van der Waals surface area contributed by atoms with Crippen LogP contribution in [0.25, 0.3) is 0 Å². The van der Waals surface area contributed by atoms with E-state index in [4.69, 9.17) is 18.0 Å². The van der Waals surface area contributed by atoms with E-state index in [0.717, 1.165) is 4.47 Å². The van der Waals surface area contributed by atoms with Crippen molar-refractivity contribution in [3.63, 3.8) is 0 Å². The van der Waals surface area contributed by atoms with Gasteiger partial charge in [0.2, 0.25) is 0 Å². The van der Waals surface area contributed by atoms with E-state index < -0.39 is 0 Å². The Balaban J connectivity index is 2.36. The van der Waals surface area contributed by atoms with E-state index in [0.29, 0.717) is 16.8 Å². The average Bonchev–Trinajstić information content (AvgIpc) is 2.46. The van der Waals surface area contributed by atoms with Crippen LogP contribution in [0.3, 0.4) is 0 Å². The smallest absolute Gasteiger partial charge is 0.258 e. The van der Waals surface area contributed by atoms with Crippen molar-refractivity contribution >= 4 is 44.7 Å². The van der Waals surface area contributed by atoms with Crippen LogP contribution in [0.2, 0.25) is 0 Å². The summed E-state index contributed by atoms with van der Waals surface area (Å²) in [6.45, 7) is 0. The molecule has 0 fully saturated rings. The molecule has 0 aliphatic rings. The first-order valence-corrected chi connectivity index (χ1v) is 7.13. The third-order valence-corrected chi connectivity index (χ3v) is 3.68. The Kier molecular flexibility index (Phi) is 4.52. The predicted octanol–water partition coefficient (Wildman–Crippen LogP) is 3.36. The second-order valence-electron chi connectivity index (χ2n) is 4.25. The second-order valence-corrected chi connectivity index (χ2v) is 5.61. The molecule has 102 valence electrons. The van der Waals surface area contributed by atoms with Crippen molar-refractivity contribution in [3.8, 4) is 0 Å². The highest BCUT2D eigenvalue weighted by Crippen LogP contribution is 2.21. The number of nitrogens with zero attached hydrogens (tertiary/aromatic N) is 1. The highest BCUT2D eigenvalue weighted by atomic mass is 79.9. The Morgan fingerprint density at radius 1 is 1.15 bits per heavy atom. The normalized spacial score (nSPS) is 10.1. The minimum Gasteiger partial charge on any atom is -0.389 e. The van der Waals surface area contributed by atoms with E-state index in [1.807, 2.05) is 36.4 Å². The van der Waals surface area contributed by atoms with Crippen LogP contribution in [0.4, 0.5) is 5.69 Å². The average molecular weight is 349 g/mol. The van der Waals surface area contributed by atoms with Crippen LogP contribution in [0.5, 0.6) is 0 Å². The number of hydrogen-bond donors (Lipinski definition) is 1. The van der Waals surface area contributed by atoms with Crippen LogP contribution in [-0.4, -0.2) is 17.9 Å². The van der Waals surface area contributed by atoms with Crippen molar-refractivity contribution in [3.05, 3.63) is 64.1 Å². The van der Waals surface area contributed by atoms with Crippen LogP contribution < -0.4 is 10.6 Å². The van der Waals surface area contributed by atoms with Gasteiger partial charge in [-0.3, -0.25) is 4.79 Å². The maximum Gasteiger partial charge on any atom is 0.258 e. The third-order valence-electron chi connectivity index (χ3n) is 2.93. The number of carbonyl (C=O) groups excluding carboxylic acids is 1. The summed E-state index contributed by atoms with van der Waals surface area (Å²) in [4.78, 5) is 14.3. The largest absolute Gasteiger partial charge is 0.389 e. The lowest BCUT2D eigenvalue weighted by Gasteiger charge is -2.20. The van der Waals surface area contributed by atoms with Gasteiger partial charge in [-0.2, -0.15) is 0 Å². The monoisotopic (exact) mass is 348 g/mol. The highest BCUT2D eigenvalue weighted by Gasteiger charge is 2.16. The molecule has 2 aromatic carbocycles. The lowest BCUT2D eigenvalue weighted by Crippen LogP contribution is -2.28. The first-order valence-electron chi connectivity index (χ1n) is 5.93. The second kappa shape index (κ2) is 6.15. The molecule has 0 aliphatic heterocycles. The number of para-hydroxylation sites is 1. The van der Waals surface area contributed by atoms with E-state index in [2.05, 4.69) is 15.9 Å². The number of amides is 1. The number of rotatable bonds is 3. The summed E-state index contributed by atoms with van der Waals surface area (Å²) in [5.41, 5.74) is 7.70. The lowest BCUT2D eigenvalue weighted by molar-refractivity contribution is 0.0993. The fraction of sp³-hybridized carbons (Fsp3) is 0.0667. The van der Waals surface area contributed by atoms with E-state index in [1.54, 1.807) is 24.1 Å². The summed E-state index contributed by atoms with van der Waals surface area (Å²) in [6, 6.07) is 14.5. The topological polar surface area (TPSA) is 46.3 Å². The Bertz CT molecular complexity index is 655. The van der Waals surface area contributed by atoms with Crippen molar-refractivity contribution < 1.29 is 4.79 Å². The van der Waals surface area contributed by atoms with Crippen molar-refractivity contribution in [2.24, 2.45) is 5.73 Å². The van der Waals surface area contributed by atoms with Gasteiger partial charge in [0.15, 0.2) is 0 Å². The summed E-state index contributed by atoms with van der Waals surface area (Å²) in [5.74, 6) is -0.110. The first kappa shape index (κ1) is 14.7. The molecule has 0 saturated heterocycles. The quantitative estimate of drug-likeness (QED) is 0.865. The number of thiocarbonyl (C=S) groups is 1. The van der Waals surface area contributed by atoms with Crippen LogP contribution in [0.1, 0.15) is 15.9 Å². The molecule has 0 spiro atoms. The molecule has 0 bridgehead atoms. The summed E-state index contributed by atoms with van der Waals surface area (Å²) in [5, 5.41) is 0. The molecular formula is C15H13BrN2OS. The van der Waals surface area contributed by atoms with E-state index >= 15 is 0 Å². The van der Waals surface area contributed by atoms with Crippen molar-refractivity contribution in [1.29, 1.82) is 0 Å². The Hall–Kier alpha value is -1.72. The molecule has 0 saturated carbocycles. The van der Waals surface area contributed by atoms with Gasteiger partial charge in [-0.25, -0.2) is 0 Å². The van der Waals surface area contributed by atoms with E-state index in [9.17, 15) is 4.79 Å². The number of halogens is 1. The Morgan fingerprint density at radius 3 is 2.35 bits per heavy atom. The van der Waals surface area contributed by atoms with Crippen LogP contribution in [-0.2, 0) is 0 Å². The van der Waals surface area contributed by atoms with Crippen LogP contribution in [0, 0.1) is 0 Å². The van der Waals surface area contributed by atoms with Crippen LogP contribution >= 0.6 is 28.1 Å². The van der Waals surface area contributed by atoms with Crippen LogP contribution in [0.15, 0.2) is 53.0 Å². The standard InChI is InChI=1S/C15H13BrN2OS/c1-18(13-5-3-2-4-12(13)14(17)20)15(19)10-6-8-11(16)9-7-10/h2-9H,1H3,(H2,17,20). The van der Waals surface area contributed by atoms with Gasteiger partial charge in [-0.1, -0.05) is 40.3 Å². The molecule has 1 amide bonds. The van der Waals surface area contributed by atoms with Gasteiger partial charge in [0.1, 0.15) is 4.99 Å². The fourth-order valence-corrected chi connectivity index (χ4v) is 2.31. The molecule has 0 unspecified atom stereocenters. The molecule has 0 radical (unpaired) electrons. The number of nitrogens with two attached hydrogens (primary N) is 1. The Morgan fingerprint density at radius 2 is 1.75 bits per heavy atom. The minimum atomic E-state index is -0.110. The van der Waals surface area contributed by atoms with Gasteiger partial charge < -0.3 is 10.6 Å². The molecule has 2 rings (SSSR count). The fourth-order valence-electron chi connectivity index (χ4n) is 1.87. The summed E-state index contributed by atoms with van der Waals surface area (Å²) in [7, 11) is 1.71. The molecule has 0 heterocycles. The van der Waals surface area contributed by atoms with Gasteiger partial charge in [0, 0.05) is 22.6 Å². The van der Waals surface area contributed by atoms with Gasteiger partial charge in [0.25, 0.3) is 5.91 Å². The molecule has 20 heavy (non-hydrogen) atoms. The van der Waals surface area contributed by atoms with E-state index in [1.165, 1.54) is 0 Å². The SMILES string of the molecule is CN(C(=O)c1ccc(Br)cc1)c1ccccc1C(N)=S. The molecule has 3 nitrogen and oxygen atoms in total.